The molecule has 0 unspecified atom stereocenters. The third kappa shape index (κ3) is 11.7. The normalized spacial score (nSPS) is 10.6. The predicted octanol–water partition coefficient (Wildman–Crippen LogP) is 3.89. The van der Waals surface area contributed by atoms with E-state index in [0.717, 1.165) is 19.3 Å². The minimum Gasteiger partial charge on any atom is -0.396 e. The molecule has 1 aromatic rings. The number of allylic oxidation sites excluding steroid dienone is 3. The standard InChI is InChI=1S/C10H18O.C8H10O/c1-9(2)5-4-6-10(3)7-8-11;9-7-6-8-4-2-1-3-5-8/h5,7,11H,4,6,8H2,1-3H3;1-5,9H,6-7H2. The molecule has 1 rings (SSSR count). The highest BCUT2D eigenvalue weighted by Crippen LogP contribution is 2.05. The second kappa shape index (κ2) is 12.6. The van der Waals surface area contributed by atoms with Crippen molar-refractivity contribution in [1.82, 2.24) is 0 Å². The molecule has 1 aromatic carbocycles. The van der Waals surface area contributed by atoms with E-state index in [4.69, 9.17) is 10.2 Å². The van der Waals surface area contributed by atoms with Gasteiger partial charge in [0.15, 0.2) is 0 Å². The van der Waals surface area contributed by atoms with E-state index >= 15 is 0 Å². The van der Waals surface area contributed by atoms with Crippen molar-refractivity contribution in [3.05, 3.63) is 59.2 Å². The van der Waals surface area contributed by atoms with Crippen LogP contribution in [0.3, 0.4) is 0 Å². The van der Waals surface area contributed by atoms with Crippen molar-refractivity contribution < 1.29 is 10.2 Å². The lowest BCUT2D eigenvalue weighted by atomic mass is 10.1. The lowest BCUT2D eigenvalue weighted by molar-refractivity contribution is 0.299. The number of aliphatic hydroxyl groups is 2. The van der Waals surface area contributed by atoms with Gasteiger partial charge < -0.3 is 10.2 Å². The third-order valence-corrected chi connectivity index (χ3v) is 2.77. The van der Waals surface area contributed by atoms with Gasteiger partial charge >= 0.3 is 0 Å². The van der Waals surface area contributed by atoms with Gasteiger partial charge in [-0.1, -0.05) is 53.6 Å². The first kappa shape index (κ1) is 18.6. The smallest absolute Gasteiger partial charge is 0.0614 e. The van der Waals surface area contributed by atoms with Crippen LogP contribution in [-0.2, 0) is 6.42 Å². The summed E-state index contributed by atoms with van der Waals surface area (Å²) in [5, 5.41) is 17.1. The Morgan fingerprint density at radius 2 is 1.65 bits per heavy atom. The largest absolute Gasteiger partial charge is 0.396 e. The van der Waals surface area contributed by atoms with Crippen molar-refractivity contribution in [2.45, 2.75) is 40.0 Å². The summed E-state index contributed by atoms with van der Waals surface area (Å²) < 4.78 is 0. The summed E-state index contributed by atoms with van der Waals surface area (Å²) in [6, 6.07) is 9.95. The molecular weight excluding hydrogens is 248 g/mol. The summed E-state index contributed by atoms with van der Waals surface area (Å²) in [5.74, 6) is 0. The topological polar surface area (TPSA) is 40.5 Å². The van der Waals surface area contributed by atoms with Gasteiger partial charge in [-0.15, -0.1) is 0 Å². The van der Waals surface area contributed by atoms with Gasteiger partial charge in [0, 0.05) is 6.61 Å². The van der Waals surface area contributed by atoms with E-state index in [1.807, 2.05) is 36.4 Å². The van der Waals surface area contributed by atoms with Crippen LogP contribution in [-0.4, -0.2) is 23.4 Å². The van der Waals surface area contributed by atoms with Gasteiger partial charge in [-0.3, -0.25) is 0 Å². The molecule has 0 saturated heterocycles. The molecule has 2 heteroatoms. The Morgan fingerprint density at radius 1 is 1.00 bits per heavy atom. The Kier molecular flexibility index (Phi) is 11.8. The minimum absolute atomic E-state index is 0.167. The maximum atomic E-state index is 8.55. The molecule has 20 heavy (non-hydrogen) atoms. The van der Waals surface area contributed by atoms with Crippen LogP contribution in [0.25, 0.3) is 0 Å². The maximum absolute atomic E-state index is 8.55. The molecule has 2 nitrogen and oxygen atoms in total. The highest BCUT2D eigenvalue weighted by atomic mass is 16.3. The Bertz CT molecular complexity index is 387. The van der Waals surface area contributed by atoms with Gasteiger partial charge in [-0.25, -0.2) is 0 Å². The molecular formula is C18H28O2. The van der Waals surface area contributed by atoms with E-state index in [1.165, 1.54) is 16.7 Å². The number of aliphatic hydroxyl groups excluding tert-OH is 2. The van der Waals surface area contributed by atoms with Crippen molar-refractivity contribution in [1.29, 1.82) is 0 Å². The Balaban J connectivity index is 0.000000367. The van der Waals surface area contributed by atoms with Crippen molar-refractivity contribution in [3.8, 4) is 0 Å². The van der Waals surface area contributed by atoms with Crippen LogP contribution in [0.15, 0.2) is 53.6 Å². The quantitative estimate of drug-likeness (QED) is 0.774. The van der Waals surface area contributed by atoms with Gasteiger partial charge in [0.25, 0.3) is 0 Å². The van der Waals surface area contributed by atoms with Gasteiger partial charge in [-0.05, 0) is 45.6 Å². The molecule has 0 atom stereocenters. The highest BCUT2D eigenvalue weighted by molar-refractivity contribution is 5.14. The fourth-order valence-electron chi connectivity index (χ4n) is 1.62. The molecule has 0 radical (unpaired) electrons. The van der Waals surface area contributed by atoms with Crippen LogP contribution in [0.4, 0.5) is 0 Å². The lowest BCUT2D eigenvalue weighted by Gasteiger charge is -1.96. The van der Waals surface area contributed by atoms with Gasteiger partial charge in [0.1, 0.15) is 0 Å². The molecule has 0 aliphatic heterocycles. The molecule has 2 N–H and O–H groups in total. The maximum Gasteiger partial charge on any atom is 0.0614 e. The number of benzene rings is 1. The average molecular weight is 276 g/mol. The summed E-state index contributed by atoms with van der Waals surface area (Å²) in [5.41, 5.74) is 3.83. The Hall–Kier alpha value is -1.38. The minimum atomic E-state index is 0.167. The second-order valence-corrected chi connectivity index (χ2v) is 5.01. The predicted molar refractivity (Wildman–Crippen MR) is 86.7 cm³/mol. The van der Waals surface area contributed by atoms with Crippen molar-refractivity contribution in [2.24, 2.45) is 0 Å². The first-order chi connectivity index (χ1) is 9.60. The Labute approximate surface area is 123 Å². The SMILES string of the molecule is CC(C)=CCCC(C)=CCO.OCCc1ccccc1. The second-order valence-electron chi connectivity index (χ2n) is 5.01. The molecule has 0 fully saturated rings. The molecule has 0 amide bonds. The molecule has 0 aliphatic rings. The van der Waals surface area contributed by atoms with E-state index in [0.29, 0.717) is 0 Å². The first-order valence-electron chi connectivity index (χ1n) is 7.14. The molecule has 0 heterocycles. The lowest BCUT2D eigenvalue weighted by Crippen LogP contribution is -1.88. The summed E-state index contributed by atoms with van der Waals surface area (Å²) >= 11 is 0. The molecule has 0 aromatic heterocycles. The molecule has 112 valence electrons. The number of hydrogen-bond donors (Lipinski definition) is 2. The summed E-state index contributed by atoms with van der Waals surface area (Å²) in [7, 11) is 0. The van der Waals surface area contributed by atoms with Crippen LogP contribution >= 0.6 is 0 Å². The van der Waals surface area contributed by atoms with Gasteiger partial charge in [0.05, 0.1) is 6.61 Å². The van der Waals surface area contributed by atoms with Crippen LogP contribution in [0.1, 0.15) is 39.2 Å². The van der Waals surface area contributed by atoms with Crippen molar-refractivity contribution in [2.75, 3.05) is 13.2 Å². The van der Waals surface area contributed by atoms with Gasteiger partial charge in [0.2, 0.25) is 0 Å². The summed E-state index contributed by atoms with van der Waals surface area (Å²) in [6.45, 7) is 6.66. The van der Waals surface area contributed by atoms with E-state index in [9.17, 15) is 0 Å². The number of hydrogen-bond acceptors (Lipinski definition) is 2. The molecule has 0 bridgehead atoms. The van der Waals surface area contributed by atoms with Gasteiger partial charge in [-0.2, -0.15) is 0 Å². The zero-order valence-corrected chi connectivity index (χ0v) is 13.0. The molecule has 0 saturated carbocycles. The molecule has 0 aliphatic carbocycles. The summed E-state index contributed by atoms with van der Waals surface area (Å²) in [6.07, 6.45) is 6.99. The van der Waals surface area contributed by atoms with Crippen molar-refractivity contribution in [3.63, 3.8) is 0 Å². The van der Waals surface area contributed by atoms with E-state index in [-0.39, 0.29) is 13.2 Å². The molecule has 0 spiro atoms. The fourth-order valence-corrected chi connectivity index (χ4v) is 1.62. The zero-order valence-electron chi connectivity index (χ0n) is 13.0. The van der Waals surface area contributed by atoms with Crippen LogP contribution in [0.5, 0.6) is 0 Å². The highest BCUT2D eigenvalue weighted by Gasteiger charge is 1.87. The van der Waals surface area contributed by atoms with E-state index in [1.54, 1.807) is 0 Å². The van der Waals surface area contributed by atoms with E-state index in [2.05, 4.69) is 26.8 Å². The average Bonchev–Trinajstić information content (AvgIpc) is 2.41. The fraction of sp³-hybridized carbons (Fsp3) is 0.444. The number of rotatable bonds is 6. The summed E-state index contributed by atoms with van der Waals surface area (Å²) in [4.78, 5) is 0. The monoisotopic (exact) mass is 276 g/mol. The van der Waals surface area contributed by atoms with E-state index < -0.39 is 0 Å². The Morgan fingerprint density at radius 3 is 2.15 bits per heavy atom. The first-order valence-corrected chi connectivity index (χ1v) is 7.14. The third-order valence-electron chi connectivity index (χ3n) is 2.77. The van der Waals surface area contributed by atoms with Crippen molar-refractivity contribution >= 4 is 0 Å². The zero-order chi connectivity index (χ0) is 15.2. The van der Waals surface area contributed by atoms with Crippen LogP contribution in [0.2, 0.25) is 0 Å². The van der Waals surface area contributed by atoms with Crippen LogP contribution < -0.4 is 0 Å². The van der Waals surface area contributed by atoms with Crippen LogP contribution in [0, 0.1) is 0 Å².